The van der Waals surface area contributed by atoms with Crippen LogP contribution in [-0.2, 0) is 0 Å². The van der Waals surface area contributed by atoms with Crippen LogP contribution in [0.3, 0.4) is 0 Å². The third-order valence-electron chi connectivity index (χ3n) is 3.96. The minimum Gasteiger partial charge on any atom is -0.291 e. The zero-order valence-electron chi connectivity index (χ0n) is 12.2. The van der Waals surface area contributed by atoms with Crippen molar-refractivity contribution in [3.8, 4) is 0 Å². The summed E-state index contributed by atoms with van der Waals surface area (Å²) in [6.45, 7) is 0. The fourth-order valence-corrected chi connectivity index (χ4v) is 2.75. The molecule has 1 aromatic heterocycles. The first kappa shape index (κ1) is 14.5. The van der Waals surface area contributed by atoms with E-state index in [4.69, 9.17) is 0 Å². The number of benzene rings is 1. The van der Waals surface area contributed by atoms with Crippen molar-refractivity contribution in [3.63, 3.8) is 0 Å². The molecule has 1 aliphatic carbocycles. The highest BCUT2D eigenvalue weighted by Gasteiger charge is 2.20. The van der Waals surface area contributed by atoms with Gasteiger partial charge in [0.25, 0.3) is 5.91 Å². The second kappa shape index (κ2) is 6.57. The molecule has 7 nitrogen and oxygen atoms in total. The van der Waals surface area contributed by atoms with E-state index in [1.165, 1.54) is 17.8 Å². The first-order valence-electron chi connectivity index (χ1n) is 7.49. The Morgan fingerprint density at radius 2 is 1.95 bits per heavy atom. The summed E-state index contributed by atoms with van der Waals surface area (Å²) in [6, 6.07) is 7.05. The van der Waals surface area contributed by atoms with Crippen LogP contribution in [-0.4, -0.2) is 32.3 Å². The van der Waals surface area contributed by atoms with Crippen LogP contribution < -0.4 is 10.4 Å². The number of hydrogen-bond acceptors (Lipinski definition) is 5. The molecule has 1 aliphatic rings. The Labute approximate surface area is 128 Å². The molecule has 0 bridgehead atoms. The molecule has 0 aliphatic heterocycles. The molecule has 0 atom stereocenters. The summed E-state index contributed by atoms with van der Waals surface area (Å²) in [4.78, 5) is 15.9. The molecular formula is C15H19N5O2. The zero-order chi connectivity index (χ0) is 15.4. The second-order valence-corrected chi connectivity index (χ2v) is 5.47. The Hall–Kier alpha value is -2.41. The molecule has 1 amide bonds. The predicted octanol–water partition coefficient (Wildman–Crippen LogP) is 2.59. The molecule has 116 valence electrons. The minimum absolute atomic E-state index is 0.169. The van der Waals surface area contributed by atoms with Crippen molar-refractivity contribution < 1.29 is 10.0 Å². The van der Waals surface area contributed by atoms with Crippen molar-refractivity contribution in [2.75, 3.05) is 10.4 Å². The second-order valence-electron chi connectivity index (χ2n) is 5.47. The van der Waals surface area contributed by atoms with Crippen LogP contribution in [0, 0.1) is 0 Å². The maximum Gasteiger partial charge on any atom is 0.258 e. The number of nitrogens with zero attached hydrogens (tertiary/aromatic N) is 3. The Morgan fingerprint density at radius 3 is 2.59 bits per heavy atom. The summed E-state index contributed by atoms with van der Waals surface area (Å²) < 4.78 is 0. The van der Waals surface area contributed by atoms with Gasteiger partial charge in [-0.25, -0.2) is 5.10 Å². The van der Waals surface area contributed by atoms with Gasteiger partial charge < -0.3 is 0 Å². The molecule has 3 N–H and O–H groups in total. The summed E-state index contributed by atoms with van der Waals surface area (Å²) in [5.74, 6) is 0.0329. The SMILES string of the molecule is O=C(Nc1ncn[nH]1)c1ccc(N(O)C2CCCCC2)cc1. The van der Waals surface area contributed by atoms with Crippen LogP contribution in [0.5, 0.6) is 0 Å². The molecule has 0 saturated heterocycles. The van der Waals surface area contributed by atoms with Gasteiger partial charge in [0.05, 0.1) is 11.7 Å². The molecule has 0 unspecified atom stereocenters. The van der Waals surface area contributed by atoms with Gasteiger partial charge in [-0.3, -0.25) is 20.4 Å². The molecule has 3 rings (SSSR count). The van der Waals surface area contributed by atoms with Gasteiger partial charge in [-0.15, -0.1) is 0 Å². The van der Waals surface area contributed by atoms with Gasteiger partial charge in [-0.1, -0.05) is 19.3 Å². The standard InChI is InChI=1S/C15H19N5O2/c21-14(18-15-16-10-17-19-15)11-6-8-13(9-7-11)20(22)12-4-2-1-3-5-12/h6-10,12,22H,1-5H2,(H2,16,17,18,19,21). The van der Waals surface area contributed by atoms with Crippen molar-refractivity contribution in [1.29, 1.82) is 0 Å². The van der Waals surface area contributed by atoms with Crippen LogP contribution >= 0.6 is 0 Å². The molecule has 0 spiro atoms. The molecule has 1 fully saturated rings. The maximum absolute atomic E-state index is 12.0. The van der Waals surface area contributed by atoms with Crippen LogP contribution in [0.15, 0.2) is 30.6 Å². The molecule has 1 heterocycles. The fourth-order valence-electron chi connectivity index (χ4n) is 2.75. The number of hydrogen-bond donors (Lipinski definition) is 3. The van der Waals surface area contributed by atoms with Gasteiger partial charge in [-0.2, -0.15) is 10.1 Å². The van der Waals surface area contributed by atoms with E-state index in [-0.39, 0.29) is 11.9 Å². The van der Waals surface area contributed by atoms with Crippen molar-refractivity contribution in [3.05, 3.63) is 36.2 Å². The van der Waals surface area contributed by atoms with E-state index in [0.717, 1.165) is 25.7 Å². The average Bonchev–Trinajstić information content (AvgIpc) is 3.08. The summed E-state index contributed by atoms with van der Waals surface area (Å²) in [5.41, 5.74) is 1.21. The molecular weight excluding hydrogens is 282 g/mol. The van der Waals surface area contributed by atoms with E-state index >= 15 is 0 Å². The number of nitrogens with one attached hydrogen (secondary N) is 2. The highest BCUT2D eigenvalue weighted by molar-refractivity contribution is 6.03. The summed E-state index contributed by atoms with van der Waals surface area (Å²) in [6.07, 6.45) is 6.88. The highest BCUT2D eigenvalue weighted by atomic mass is 16.5. The molecule has 2 aromatic rings. The normalized spacial score (nSPS) is 15.5. The number of anilines is 2. The van der Waals surface area contributed by atoms with Crippen molar-refractivity contribution in [2.45, 2.75) is 38.1 Å². The lowest BCUT2D eigenvalue weighted by Crippen LogP contribution is -2.33. The molecule has 7 heteroatoms. The Bertz CT molecular complexity index is 605. The van der Waals surface area contributed by atoms with Crippen molar-refractivity contribution in [2.24, 2.45) is 0 Å². The zero-order valence-corrected chi connectivity index (χ0v) is 12.2. The molecule has 1 saturated carbocycles. The molecule has 22 heavy (non-hydrogen) atoms. The molecule has 0 radical (unpaired) electrons. The minimum atomic E-state index is -0.273. The number of carbonyl (C=O) groups is 1. The number of H-pyrrole nitrogens is 1. The maximum atomic E-state index is 12.0. The first-order valence-corrected chi connectivity index (χ1v) is 7.49. The smallest absolute Gasteiger partial charge is 0.258 e. The lowest BCUT2D eigenvalue weighted by Gasteiger charge is -2.30. The van der Waals surface area contributed by atoms with Gasteiger partial charge >= 0.3 is 0 Å². The first-order chi connectivity index (χ1) is 10.7. The van der Waals surface area contributed by atoms with E-state index in [1.54, 1.807) is 24.3 Å². The predicted molar refractivity (Wildman–Crippen MR) is 81.9 cm³/mol. The van der Waals surface area contributed by atoms with E-state index in [9.17, 15) is 10.0 Å². The summed E-state index contributed by atoms with van der Waals surface area (Å²) in [5, 5.41) is 20.5. The van der Waals surface area contributed by atoms with Gasteiger partial charge in [-0.05, 0) is 37.1 Å². The van der Waals surface area contributed by atoms with Crippen molar-refractivity contribution in [1.82, 2.24) is 15.2 Å². The highest BCUT2D eigenvalue weighted by Crippen LogP contribution is 2.26. The fraction of sp³-hybridized carbons (Fsp3) is 0.400. The number of carbonyl (C=O) groups excluding carboxylic acids is 1. The lowest BCUT2D eigenvalue weighted by atomic mass is 9.95. The Balaban J connectivity index is 1.65. The number of aromatic nitrogens is 3. The van der Waals surface area contributed by atoms with Crippen molar-refractivity contribution >= 4 is 17.5 Å². The van der Waals surface area contributed by atoms with E-state index < -0.39 is 0 Å². The lowest BCUT2D eigenvalue weighted by molar-refractivity contribution is 0.102. The Morgan fingerprint density at radius 1 is 1.23 bits per heavy atom. The summed E-state index contributed by atoms with van der Waals surface area (Å²) in [7, 11) is 0. The van der Waals surface area contributed by atoms with E-state index in [0.29, 0.717) is 17.2 Å². The number of aromatic amines is 1. The van der Waals surface area contributed by atoms with E-state index in [2.05, 4.69) is 20.5 Å². The number of rotatable bonds is 4. The van der Waals surface area contributed by atoms with Crippen LogP contribution in [0.2, 0.25) is 0 Å². The quantitative estimate of drug-likeness (QED) is 0.755. The van der Waals surface area contributed by atoms with Gasteiger partial charge in [0.2, 0.25) is 5.95 Å². The van der Waals surface area contributed by atoms with Gasteiger partial charge in [0, 0.05) is 5.56 Å². The van der Waals surface area contributed by atoms with Crippen LogP contribution in [0.4, 0.5) is 11.6 Å². The largest absolute Gasteiger partial charge is 0.291 e. The van der Waals surface area contributed by atoms with E-state index in [1.807, 2.05) is 0 Å². The number of hydroxylamine groups is 1. The summed E-state index contributed by atoms with van der Waals surface area (Å²) >= 11 is 0. The monoisotopic (exact) mass is 301 g/mol. The number of amides is 1. The molecule has 1 aromatic carbocycles. The third kappa shape index (κ3) is 3.25. The third-order valence-corrected chi connectivity index (χ3v) is 3.96. The van der Waals surface area contributed by atoms with Crippen LogP contribution in [0.25, 0.3) is 0 Å². The average molecular weight is 301 g/mol. The topological polar surface area (TPSA) is 94.1 Å². The Kier molecular flexibility index (Phi) is 4.34. The van der Waals surface area contributed by atoms with Gasteiger partial charge in [0.15, 0.2) is 0 Å². The van der Waals surface area contributed by atoms with Gasteiger partial charge in [0.1, 0.15) is 6.33 Å². The van der Waals surface area contributed by atoms with Crippen LogP contribution in [0.1, 0.15) is 42.5 Å².